The maximum atomic E-state index is 12.2. The summed E-state index contributed by atoms with van der Waals surface area (Å²) in [5.74, 6) is 1.09. The molecule has 1 amide bonds. The first-order valence-electron chi connectivity index (χ1n) is 9.14. The summed E-state index contributed by atoms with van der Waals surface area (Å²) in [6, 6.07) is 4.62. The molecule has 25 heavy (non-hydrogen) atoms. The molecule has 134 valence electrons. The quantitative estimate of drug-likeness (QED) is 0.880. The van der Waals surface area contributed by atoms with E-state index >= 15 is 0 Å². The molecule has 1 saturated carbocycles. The minimum atomic E-state index is 0.164. The summed E-state index contributed by atoms with van der Waals surface area (Å²) in [5, 5.41) is 15.6. The molecule has 1 saturated heterocycles. The SMILES string of the molecule is C[C@@H]1CN(CC(=O)NC2CCCC2)CCN1c1ccc2nncn2n1. The smallest absolute Gasteiger partial charge is 0.234 e. The predicted molar refractivity (Wildman–Crippen MR) is 94.4 cm³/mol. The Hall–Kier alpha value is -2.22. The summed E-state index contributed by atoms with van der Waals surface area (Å²) in [7, 11) is 0. The van der Waals surface area contributed by atoms with E-state index in [0.717, 1.165) is 43.9 Å². The van der Waals surface area contributed by atoms with Crippen molar-refractivity contribution in [1.82, 2.24) is 30.0 Å². The first-order valence-corrected chi connectivity index (χ1v) is 9.14. The number of piperazine rings is 1. The van der Waals surface area contributed by atoms with Crippen molar-refractivity contribution in [3.63, 3.8) is 0 Å². The van der Waals surface area contributed by atoms with Crippen molar-refractivity contribution in [2.45, 2.75) is 44.7 Å². The zero-order chi connectivity index (χ0) is 17.2. The molecule has 8 heteroatoms. The molecule has 2 aliphatic rings. The molecule has 0 bridgehead atoms. The number of hydrogen-bond donors (Lipinski definition) is 1. The van der Waals surface area contributed by atoms with Gasteiger partial charge in [0.25, 0.3) is 0 Å². The van der Waals surface area contributed by atoms with Crippen LogP contribution in [0.1, 0.15) is 32.6 Å². The third-order valence-corrected chi connectivity index (χ3v) is 5.24. The second kappa shape index (κ2) is 6.95. The predicted octanol–water partition coefficient (Wildman–Crippen LogP) is 0.694. The van der Waals surface area contributed by atoms with Gasteiger partial charge in [-0.1, -0.05) is 12.8 Å². The van der Waals surface area contributed by atoms with Crippen LogP contribution in [0.25, 0.3) is 5.65 Å². The van der Waals surface area contributed by atoms with Crippen LogP contribution in [0.3, 0.4) is 0 Å². The van der Waals surface area contributed by atoms with Gasteiger partial charge in [-0.3, -0.25) is 9.69 Å². The highest BCUT2D eigenvalue weighted by atomic mass is 16.2. The molecule has 1 aliphatic carbocycles. The summed E-state index contributed by atoms with van der Waals surface area (Å²) >= 11 is 0. The zero-order valence-electron chi connectivity index (χ0n) is 14.6. The van der Waals surface area contributed by atoms with E-state index in [4.69, 9.17) is 0 Å². The maximum Gasteiger partial charge on any atom is 0.234 e. The standard InChI is InChI=1S/C17H25N7O/c1-13-10-22(11-17(25)19-14-4-2-3-5-14)8-9-23(13)16-7-6-15-20-18-12-24(15)21-16/h6-7,12-14H,2-5,8-11H2,1H3,(H,19,25)/t13-/m1/s1. The van der Waals surface area contributed by atoms with Crippen LogP contribution in [0.2, 0.25) is 0 Å². The Balaban J connectivity index is 1.34. The van der Waals surface area contributed by atoms with Crippen LogP contribution in [0, 0.1) is 0 Å². The lowest BCUT2D eigenvalue weighted by Gasteiger charge is -2.40. The van der Waals surface area contributed by atoms with Crippen molar-refractivity contribution in [3.8, 4) is 0 Å². The molecule has 2 aromatic rings. The highest BCUT2D eigenvalue weighted by Gasteiger charge is 2.27. The monoisotopic (exact) mass is 343 g/mol. The van der Waals surface area contributed by atoms with Gasteiger partial charge < -0.3 is 10.2 Å². The van der Waals surface area contributed by atoms with E-state index in [1.165, 1.54) is 12.8 Å². The van der Waals surface area contributed by atoms with Gasteiger partial charge in [-0.2, -0.15) is 4.52 Å². The van der Waals surface area contributed by atoms with Gasteiger partial charge in [0.2, 0.25) is 5.91 Å². The third kappa shape index (κ3) is 3.58. The number of fused-ring (bicyclic) bond motifs is 1. The fourth-order valence-electron chi connectivity index (χ4n) is 3.94. The first-order chi connectivity index (χ1) is 12.2. The second-order valence-corrected chi connectivity index (χ2v) is 7.15. The van der Waals surface area contributed by atoms with E-state index in [1.807, 2.05) is 12.1 Å². The Morgan fingerprint density at radius 2 is 2.12 bits per heavy atom. The van der Waals surface area contributed by atoms with Gasteiger partial charge in [0, 0.05) is 31.7 Å². The molecule has 8 nitrogen and oxygen atoms in total. The lowest BCUT2D eigenvalue weighted by molar-refractivity contribution is -0.123. The van der Waals surface area contributed by atoms with Crippen LogP contribution in [-0.2, 0) is 4.79 Å². The number of hydrogen-bond acceptors (Lipinski definition) is 6. The number of carbonyl (C=O) groups excluding carboxylic acids is 1. The largest absolute Gasteiger partial charge is 0.352 e. The molecule has 0 unspecified atom stereocenters. The van der Waals surface area contributed by atoms with Crippen molar-refractivity contribution < 1.29 is 4.79 Å². The first kappa shape index (κ1) is 16.3. The van der Waals surface area contributed by atoms with E-state index in [2.05, 4.69) is 37.3 Å². The molecule has 2 fully saturated rings. The van der Waals surface area contributed by atoms with Gasteiger partial charge in [0.1, 0.15) is 12.1 Å². The van der Waals surface area contributed by atoms with Crippen molar-refractivity contribution in [2.75, 3.05) is 31.1 Å². The normalized spacial score (nSPS) is 22.6. The fourth-order valence-corrected chi connectivity index (χ4v) is 3.94. The Morgan fingerprint density at radius 1 is 1.28 bits per heavy atom. The number of anilines is 1. The van der Waals surface area contributed by atoms with Crippen LogP contribution < -0.4 is 10.2 Å². The molecule has 4 rings (SSSR count). The van der Waals surface area contributed by atoms with Crippen LogP contribution in [0.5, 0.6) is 0 Å². The van der Waals surface area contributed by atoms with Crippen molar-refractivity contribution in [2.24, 2.45) is 0 Å². The molecule has 0 aromatic carbocycles. The van der Waals surface area contributed by atoms with E-state index in [0.29, 0.717) is 18.6 Å². The van der Waals surface area contributed by atoms with Crippen LogP contribution >= 0.6 is 0 Å². The molecule has 1 atom stereocenters. The average Bonchev–Trinajstić information content (AvgIpc) is 3.25. The summed E-state index contributed by atoms with van der Waals surface area (Å²) < 4.78 is 1.70. The topological polar surface area (TPSA) is 78.7 Å². The Kier molecular flexibility index (Phi) is 4.52. The molecule has 1 N–H and O–H groups in total. The third-order valence-electron chi connectivity index (χ3n) is 5.24. The van der Waals surface area contributed by atoms with Crippen LogP contribution in [0.15, 0.2) is 18.5 Å². The zero-order valence-corrected chi connectivity index (χ0v) is 14.6. The van der Waals surface area contributed by atoms with E-state index in [1.54, 1.807) is 10.8 Å². The van der Waals surface area contributed by atoms with E-state index in [-0.39, 0.29) is 5.91 Å². The highest BCUT2D eigenvalue weighted by molar-refractivity contribution is 5.78. The molecule has 2 aromatic heterocycles. The maximum absolute atomic E-state index is 12.2. The lowest BCUT2D eigenvalue weighted by atomic mass is 10.2. The summed E-state index contributed by atoms with van der Waals surface area (Å²) in [5.41, 5.74) is 0.749. The average molecular weight is 343 g/mol. The van der Waals surface area contributed by atoms with E-state index in [9.17, 15) is 4.79 Å². The van der Waals surface area contributed by atoms with Gasteiger partial charge in [-0.05, 0) is 31.9 Å². The lowest BCUT2D eigenvalue weighted by Crippen LogP contribution is -2.54. The summed E-state index contributed by atoms with van der Waals surface area (Å²) in [6.07, 6.45) is 6.36. The molecular weight excluding hydrogens is 318 g/mol. The van der Waals surface area contributed by atoms with Gasteiger partial charge in [-0.15, -0.1) is 15.3 Å². The van der Waals surface area contributed by atoms with Crippen LogP contribution in [-0.4, -0.2) is 68.9 Å². The van der Waals surface area contributed by atoms with E-state index < -0.39 is 0 Å². The molecule has 3 heterocycles. The molecular formula is C17H25N7O. The highest BCUT2D eigenvalue weighted by Crippen LogP contribution is 2.19. The van der Waals surface area contributed by atoms with Gasteiger partial charge in [-0.25, -0.2) is 0 Å². The van der Waals surface area contributed by atoms with Crippen molar-refractivity contribution in [3.05, 3.63) is 18.5 Å². The number of aromatic nitrogens is 4. The molecule has 0 radical (unpaired) electrons. The van der Waals surface area contributed by atoms with Gasteiger partial charge in [0.05, 0.1) is 6.54 Å². The number of carbonyl (C=O) groups is 1. The second-order valence-electron chi connectivity index (χ2n) is 7.15. The minimum absolute atomic E-state index is 0.164. The number of amides is 1. The van der Waals surface area contributed by atoms with Crippen molar-refractivity contribution in [1.29, 1.82) is 0 Å². The Bertz CT molecular complexity index is 739. The fraction of sp³-hybridized carbons (Fsp3) is 0.647. The minimum Gasteiger partial charge on any atom is -0.352 e. The molecule has 1 aliphatic heterocycles. The van der Waals surface area contributed by atoms with Gasteiger partial charge in [0.15, 0.2) is 5.65 Å². The summed E-state index contributed by atoms with van der Waals surface area (Å²) in [4.78, 5) is 16.8. The van der Waals surface area contributed by atoms with Gasteiger partial charge >= 0.3 is 0 Å². The number of rotatable bonds is 4. The van der Waals surface area contributed by atoms with Crippen LogP contribution in [0.4, 0.5) is 5.82 Å². The number of nitrogens with zero attached hydrogens (tertiary/aromatic N) is 6. The summed E-state index contributed by atoms with van der Waals surface area (Å²) in [6.45, 7) is 5.26. The number of nitrogens with one attached hydrogen (secondary N) is 1. The van der Waals surface area contributed by atoms with Crippen molar-refractivity contribution >= 4 is 17.4 Å². The Morgan fingerprint density at radius 3 is 2.92 bits per heavy atom. The Labute approximate surface area is 147 Å². The molecule has 0 spiro atoms.